The van der Waals surface area contributed by atoms with Gasteiger partial charge in [0.1, 0.15) is 0 Å². The molecule has 2 heterocycles. The summed E-state index contributed by atoms with van der Waals surface area (Å²) in [6.45, 7) is 0.806. The van der Waals surface area contributed by atoms with E-state index in [1.807, 2.05) is 0 Å². The molecule has 0 aliphatic rings. The van der Waals surface area contributed by atoms with Gasteiger partial charge in [0.2, 0.25) is 0 Å². The zero-order chi connectivity index (χ0) is 12.3. The van der Waals surface area contributed by atoms with Crippen molar-refractivity contribution in [2.45, 2.75) is 10.8 Å². The minimum atomic E-state index is -3.50. The molecule has 0 unspecified atom stereocenters. The number of nitrogens with zero attached hydrogens (tertiary/aromatic N) is 3. The first-order chi connectivity index (χ1) is 8.08. The molecule has 17 heavy (non-hydrogen) atoms. The molecule has 0 aromatic carbocycles. The third-order valence-electron chi connectivity index (χ3n) is 1.94. The molecule has 0 amide bonds. The number of thiazole rings is 1. The summed E-state index contributed by atoms with van der Waals surface area (Å²) in [6, 6.07) is 0. The maximum Gasteiger partial charge on any atom is 0.251 e. The van der Waals surface area contributed by atoms with Crippen LogP contribution in [0.2, 0.25) is 4.47 Å². The van der Waals surface area contributed by atoms with Gasteiger partial charge in [-0.15, -0.1) is 0 Å². The van der Waals surface area contributed by atoms with Crippen molar-refractivity contribution in [3.63, 3.8) is 0 Å². The largest absolute Gasteiger partial charge is 0.336 e. The summed E-state index contributed by atoms with van der Waals surface area (Å²) in [4.78, 5) is 7.55. The number of rotatable bonds is 5. The summed E-state index contributed by atoms with van der Waals surface area (Å²) in [5.41, 5.74) is 0. The maximum absolute atomic E-state index is 11.7. The first kappa shape index (κ1) is 12.5. The Morgan fingerprint density at radius 1 is 1.53 bits per heavy atom. The number of aromatic nitrogens is 3. The second kappa shape index (κ2) is 5.13. The average Bonchev–Trinajstić information content (AvgIpc) is 2.89. The normalized spacial score (nSPS) is 11.8. The molecular formula is C8H9ClN4O2S2. The van der Waals surface area contributed by atoms with Crippen LogP contribution in [0.1, 0.15) is 0 Å². The molecule has 92 valence electrons. The molecule has 1 N–H and O–H groups in total. The second-order valence-electron chi connectivity index (χ2n) is 3.13. The fourth-order valence-electron chi connectivity index (χ4n) is 1.16. The quantitative estimate of drug-likeness (QED) is 0.891. The van der Waals surface area contributed by atoms with Gasteiger partial charge in [0.25, 0.3) is 10.0 Å². The summed E-state index contributed by atoms with van der Waals surface area (Å²) in [5.74, 6) is 0. The molecule has 0 bridgehead atoms. The van der Waals surface area contributed by atoms with Gasteiger partial charge >= 0.3 is 0 Å². The zero-order valence-corrected chi connectivity index (χ0v) is 11.0. The molecule has 0 saturated heterocycles. The van der Waals surface area contributed by atoms with Crippen molar-refractivity contribution in [3.05, 3.63) is 29.4 Å². The molecule has 9 heteroatoms. The lowest BCUT2D eigenvalue weighted by atomic mass is 10.6. The molecule has 0 aliphatic carbocycles. The fourth-order valence-corrected chi connectivity index (χ4v) is 3.52. The number of imidazole rings is 1. The first-order valence-electron chi connectivity index (χ1n) is 4.65. The van der Waals surface area contributed by atoms with Crippen LogP contribution in [-0.2, 0) is 16.6 Å². The molecule has 2 aromatic heterocycles. The molecule has 0 saturated carbocycles. The molecular weight excluding hydrogens is 284 g/mol. The van der Waals surface area contributed by atoms with E-state index in [1.165, 1.54) is 6.20 Å². The van der Waals surface area contributed by atoms with Crippen molar-refractivity contribution in [2.75, 3.05) is 6.54 Å². The number of halogens is 1. The Hall–Kier alpha value is -0.960. The van der Waals surface area contributed by atoms with Gasteiger partial charge in [-0.1, -0.05) is 22.9 Å². The maximum atomic E-state index is 11.7. The van der Waals surface area contributed by atoms with E-state index < -0.39 is 10.0 Å². The molecule has 0 aliphatic heterocycles. The van der Waals surface area contributed by atoms with Crippen LogP contribution in [0.3, 0.4) is 0 Å². The minimum Gasteiger partial charge on any atom is -0.336 e. The van der Waals surface area contributed by atoms with Gasteiger partial charge in [-0.2, -0.15) is 0 Å². The van der Waals surface area contributed by atoms with E-state index in [9.17, 15) is 8.42 Å². The lowest BCUT2D eigenvalue weighted by Gasteiger charge is -2.04. The van der Waals surface area contributed by atoms with Crippen molar-refractivity contribution in [3.8, 4) is 0 Å². The Kier molecular flexibility index (Phi) is 3.77. The highest BCUT2D eigenvalue weighted by Crippen LogP contribution is 2.21. The summed E-state index contributed by atoms with van der Waals surface area (Å²) >= 11 is 6.51. The third-order valence-corrected chi connectivity index (χ3v) is 4.98. The molecule has 6 nitrogen and oxygen atoms in total. The van der Waals surface area contributed by atoms with Gasteiger partial charge in [-0.25, -0.2) is 23.1 Å². The van der Waals surface area contributed by atoms with Gasteiger partial charge in [0.15, 0.2) is 8.68 Å². The Morgan fingerprint density at radius 2 is 2.35 bits per heavy atom. The fraction of sp³-hybridized carbons (Fsp3) is 0.250. The number of nitrogens with one attached hydrogen (secondary N) is 1. The lowest BCUT2D eigenvalue weighted by molar-refractivity contribution is 0.574. The van der Waals surface area contributed by atoms with Crippen LogP contribution in [0.4, 0.5) is 0 Å². The molecule has 0 spiro atoms. The van der Waals surface area contributed by atoms with Crippen molar-refractivity contribution in [1.82, 2.24) is 19.3 Å². The second-order valence-corrected chi connectivity index (χ2v) is 6.74. The Bertz CT molecular complexity index is 578. The van der Waals surface area contributed by atoms with Crippen LogP contribution in [0, 0.1) is 0 Å². The standard InChI is InChI=1S/C8H9ClN4O2S2/c9-8-11-5-7(16-8)17(14,15)12-2-4-13-3-1-10-6-13/h1,3,5-6,12H,2,4H2. The van der Waals surface area contributed by atoms with E-state index >= 15 is 0 Å². The summed E-state index contributed by atoms with van der Waals surface area (Å²) in [7, 11) is -3.50. The van der Waals surface area contributed by atoms with Crippen molar-refractivity contribution in [1.29, 1.82) is 0 Å². The highest BCUT2D eigenvalue weighted by Gasteiger charge is 2.16. The lowest BCUT2D eigenvalue weighted by Crippen LogP contribution is -2.26. The molecule has 2 rings (SSSR count). The topological polar surface area (TPSA) is 76.9 Å². The summed E-state index contributed by atoms with van der Waals surface area (Å²) in [6.07, 6.45) is 6.26. The highest BCUT2D eigenvalue weighted by atomic mass is 35.5. The zero-order valence-electron chi connectivity index (χ0n) is 8.58. The Morgan fingerprint density at radius 3 is 2.94 bits per heavy atom. The van der Waals surface area contributed by atoms with Crippen molar-refractivity contribution < 1.29 is 8.42 Å². The Balaban J connectivity index is 1.94. The SMILES string of the molecule is O=S(=O)(NCCn1ccnc1)c1cnc(Cl)s1. The summed E-state index contributed by atoms with van der Waals surface area (Å²) in [5, 5.41) is 0. The predicted octanol–water partition coefficient (Wildman–Crippen LogP) is 0.971. The van der Waals surface area contributed by atoms with E-state index in [1.54, 1.807) is 23.3 Å². The number of hydrogen-bond donors (Lipinski definition) is 1. The van der Waals surface area contributed by atoms with E-state index in [0.29, 0.717) is 6.54 Å². The van der Waals surface area contributed by atoms with E-state index in [4.69, 9.17) is 11.6 Å². The number of sulfonamides is 1. The van der Waals surface area contributed by atoms with Crippen molar-refractivity contribution >= 4 is 33.0 Å². The highest BCUT2D eigenvalue weighted by molar-refractivity contribution is 7.91. The van der Waals surface area contributed by atoms with Gasteiger partial charge in [-0.3, -0.25) is 0 Å². The van der Waals surface area contributed by atoms with Gasteiger partial charge in [0, 0.05) is 25.5 Å². The van der Waals surface area contributed by atoms with E-state index in [0.717, 1.165) is 11.3 Å². The van der Waals surface area contributed by atoms with Crippen molar-refractivity contribution in [2.24, 2.45) is 0 Å². The molecule has 0 fully saturated rings. The van der Waals surface area contributed by atoms with Crippen LogP contribution in [0.15, 0.2) is 29.1 Å². The van der Waals surface area contributed by atoms with Crippen LogP contribution in [-0.4, -0.2) is 29.5 Å². The third kappa shape index (κ3) is 3.25. The van der Waals surface area contributed by atoms with Crippen LogP contribution in [0.5, 0.6) is 0 Å². The van der Waals surface area contributed by atoms with Crippen LogP contribution >= 0.6 is 22.9 Å². The van der Waals surface area contributed by atoms with E-state index in [2.05, 4.69) is 14.7 Å². The number of hydrogen-bond acceptors (Lipinski definition) is 5. The van der Waals surface area contributed by atoms with E-state index in [-0.39, 0.29) is 15.2 Å². The van der Waals surface area contributed by atoms with Crippen LogP contribution < -0.4 is 4.72 Å². The first-order valence-corrected chi connectivity index (χ1v) is 7.32. The molecule has 0 radical (unpaired) electrons. The summed E-state index contributed by atoms with van der Waals surface area (Å²) < 4.78 is 28.1. The minimum absolute atomic E-state index is 0.119. The predicted molar refractivity (Wildman–Crippen MR) is 64.5 cm³/mol. The van der Waals surface area contributed by atoms with Gasteiger partial charge < -0.3 is 4.57 Å². The monoisotopic (exact) mass is 292 g/mol. The Labute approximate surface area is 107 Å². The smallest absolute Gasteiger partial charge is 0.251 e. The van der Waals surface area contributed by atoms with Crippen LogP contribution in [0.25, 0.3) is 0 Å². The van der Waals surface area contributed by atoms with Gasteiger partial charge in [0.05, 0.1) is 12.5 Å². The van der Waals surface area contributed by atoms with Gasteiger partial charge in [-0.05, 0) is 0 Å². The molecule has 0 atom stereocenters. The average molecular weight is 293 g/mol. The molecule has 2 aromatic rings.